The number of aliphatic hydroxyl groups is 1. The summed E-state index contributed by atoms with van der Waals surface area (Å²) in [6.45, 7) is 3.28. The summed E-state index contributed by atoms with van der Waals surface area (Å²) in [6, 6.07) is 3.20. The Balaban J connectivity index is 3.35. The van der Waals surface area contributed by atoms with Gasteiger partial charge in [0.2, 0.25) is 0 Å². The first-order valence-electron chi connectivity index (χ1n) is 6.13. The van der Waals surface area contributed by atoms with Crippen LogP contribution < -0.4 is 14.8 Å². The van der Waals surface area contributed by atoms with Gasteiger partial charge < -0.3 is 19.9 Å². The van der Waals surface area contributed by atoms with Crippen molar-refractivity contribution in [1.82, 2.24) is 5.32 Å². The van der Waals surface area contributed by atoms with Gasteiger partial charge in [0.05, 0.1) is 20.3 Å². The summed E-state index contributed by atoms with van der Waals surface area (Å²) >= 11 is 0. The highest BCUT2D eigenvalue weighted by Crippen LogP contribution is 2.39. The lowest BCUT2D eigenvalue weighted by molar-refractivity contribution is 0.171. The van der Waals surface area contributed by atoms with Crippen LogP contribution in [0.15, 0.2) is 12.1 Å². The second-order valence-electron chi connectivity index (χ2n) is 4.84. The van der Waals surface area contributed by atoms with Crippen LogP contribution in [0.25, 0.3) is 0 Å². The smallest absolute Gasteiger partial charge is 0.134 e. The molecule has 0 saturated carbocycles. The number of likely N-dealkylation sites (N-methyl/N-ethyl adjacent to an activating group) is 1. The van der Waals surface area contributed by atoms with E-state index >= 15 is 0 Å². The van der Waals surface area contributed by atoms with Gasteiger partial charge in [-0.3, -0.25) is 0 Å². The zero-order chi connectivity index (χ0) is 14.6. The van der Waals surface area contributed by atoms with E-state index in [9.17, 15) is 9.50 Å². The zero-order valence-electron chi connectivity index (χ0n) is 12.1. The quantitative estimate of drug-likeness (QED) is 0.832. The lowest BCUT2D eigenvalue weighted by Crippen LogP contribution is -2.18. The number of ether oxygens (including phenoxy) is 2. The molecule has 0 aromatic heterocycles. The summed E-state index contributed by atoms with van der Waals surface area (Å²) in [6.07, 6.45) is -0.745. The first-order chi connectivity index (χ1) is 8.85. The molecule has 0 spiro atoms. The van der Waals surface area contributed by atoms with E-state index in [1.807, 2.05) is 0 Å². The lowest BCUT2D eigenvalue weighted by Gasteiger charge is -2.22. The van der Waals surface area contributed by atoms with Crippen molar-refractivity contribution in [2.45, 2.75) is 25.6 Å². The minimum Gasteiger partial charge on any atom is -0.496 e. The maximum Gasteiger partial charge on any atom is 0.134 e. The van der Waals surface area contributed by atoms with Crippen molar-refractivity contribution < 1.29 is 19.0 Å². The number of benzene rings is 1. The minimum atomic E-state index is -1.55. The van der Waals surface area contributed by atoms with Gasteiger partial charge in [0, 0.05) is 17.7 Å². The molecule has 19 heavy (non-hydrogen) atoms. The van der Waals surface area contributed by atoms with Gasteiger partial charge in [0.25, 0.3) is 0 Å². The standard InChI is InChI=1S/C14H22FNO3/c1-14(2,15)10-7-12(18-4)9(6-13(10)19-5)11(17)8-16-3/h6-7,11,16-17H,8H2,1-5H3. The van der Waals surface area contributed by atoms with Gasteiger partial charge in [0.1, 0.15) is 17.2 Å². The molecule has 108 valence electrons. The Morgan fingerprint density at radius 3 is 2.26 bits per heavy atom. The van der Waals surface area contributed by atoms with Crippen LogP contribution in [0.2, 0.25) is 0 Å². The van der Waals surface area contributed by atoms with Crippen molar-refractivity contribution >= 4 is 0 Å². The number of hydrogen-bond acceptors (Lipinski definition) is 4. The number of nitrogens with one attached hydrogen (secondary N) is 1. The second kappa shape index (κ2) is 6.21. The van der Waals surface area contributed by atoms with Crippen molar-refractivity contribution in [1.29, 1.82) is 0 Å². The molecular weight excluding hydrogens is 249 g/mol. The Morgan fingerprint density at radius 1 is 1.26 bits per heavy atom. The summed E-state index contributed by atoms with van der Waals surface area (Å²) in [5, 5.41) is 12.9. The molecule has 0 amide bonds. The monoisotopic (exact) mass is 271 g/mol. The topological polar surface area (TPSA) is 50.7 Å². The molecule has 1 atom stereocenters. The van der Waals surface area contributed by atoms with Gasteiger partial charge >= 0.3 is 0 Å². The van der Waals surface area contributed by atoms with E-state index in [2.05, 4.69) is 5.32 Å². The van der Waals surface area contributed by atoms with E-state index in [4.69, 9.17) is 9.47 Å². The number of hydrogen-bond donors (Lipinski definition) is 2. The molecule has 1 rings (SSSR count). The fourth-order valence-corrected chi connectivity index (χ4v) is 1.95. The summed E-state index contributed by atoms with van der Waals surface area (Å²) in [5.74, 6) is 0.850. The molecule has 0 aliphatic rings. The van der Waals surface area contributed by atoms with Crippen molar-refractivity contribution in [2.24, 2.45) is 0 Å². The van der Waals surface area contributed by atoms with E-state index in [1.165, 1.54) is 28.1 Å². The first kappa shape index (κ1) is 15.7. The summed E-state index contributed by atoms with van der Waals surface area (Å²) in [4.78, 5) is 0. The Morgan fingerprint density at radius 2 is 1.84 bits per heavy atom. The SMILES string of the molecule is CNCC(O)c1cc(OC)c(C(C)(C)F)cc1OC. The lowest BCUT2D eigenvalue weighted by atomic mass is 9.95. The maximum atomic E-state index is 14.2. The van der Waals surface area contributed by atoms with Crippen LogP contribution in [-0.2, 0) is 5.67 Å². The number of aliphatic hydroxyl groups excluding tert-OH is 1. The van der Waals surface area contributed by atoms with Crippen LogP contribution in [0.3, 0.4) is 0 Å². The van der Waals surface area contributed by atoms with E-state index in [-0.39, 0.29) is 0 Å². The first-order valence-corrected chi connectivity index (χ1v) is 6.13. The van der Waals surface area contributed by atoms with Crippen LogP contribution in [0, 0.1) is 0 Å². The summed E-state index contributed by atoms with van der Waals surface area (Å²) < 4.78 is 24.6. The van der Waals surface area contributed by atoms with E-state index < -0.39 is 11.8 Å². The summed E-state index contributed by atoms with van der Waals surface area (Å²) in [5.41, 5.74) is -0.584. The van der Waals surface area contributed by atoms with Crippen LogP contribution in [0.1, 0.15) is 31.1 Å². The van der Waals surface area contributed by atoms with Crippen LogP contribution in [0.5, 0.6) is 11.5 Å². The second-order valence-corrected chi connectivity index (χ2v) is 4.84. The molecule has 1 aromatic rings. The van der Waals surface area contributed by atoms with E-state index in [1.54, 1.807) is 19.2 Å². The molecule has 0 aliphatic carbocycles. The molecular formula is C14H22FNO3. The van der Waals surface area contributed by atoms with E-state index in [0.29, 0.717) is 29.2 Å². The maximum absolute atomic E-state index is 14.2. The Kier molecular flexibility index (Phi) is 5.14. The number of rotatable bonds is 6. The predicted molar refractivity (Wildman–Crippen MR) is 72.6 cm³/mol. The van der Waals surface area contributed by atoms with Crippen LogP contribution >= 0.6 is 0 Å². The third kappa shape index (κ3) is 3.58. The van der Waals surface area contributed by atoms with Gasteiger partial charge in [-0.2, -0.15) is 0 Å². The fourth-order valence-electron chi connectivity index (χ4n) is 1.95. The van der Waals surface area contributed by atoms with E-state index in [0.717, 1.165) is 0 Å². The third-order valence-corrected chi connectivity index (χ3v) is 2.95. The molecule has 5 heteroatoms. The van der Waals surface area contributed by atoms with Crippen molar-refractivity contribution in [3.8, 4) is 11.5 Å². The molecule has 4 nitrogen and oxygen atoms in total. The Hall–Kier alpha value is -1.33. The Bertz CT molecular complexity index is 429. The van der Waals surface area contributed by atoms with Gasteiger partial charge in [-0.25, -0.2) is 4.39 Å². The van der Waals surface area contributed by atoms with Crippen molar-refractivity contribution in [3.05, 3.63) is 23.3 Å². The fraction of sp³-hybridized carbons (Fsp3) is 0.571. The molecule has 0 heterocycles. The largest absolute Gasteiger partial charge is 0.496 e. The molecule has 2 N–H and O–H groups in total. The van der Waals surface area contributed by atoms with Crippen LogP contribution in [0.4, 0.5) is 4.39 Å². The van der Waals surface area contributed by atoms with Gasteiger partial charge in [-0.05, 0) is 33.0 Å². The molecule has 0 radical (unpaired) electrons. The average Bonchev–Trinajstić information content (AvgIpc) is 2.36. The van der Waals surface area contributed by atoms with Crippen molar-refractivity contribution in [3.63, 3.8) is 0 Å². The van der Waals surface area contributed by atoms with Gasteiger partial charge in [0.15, 0.2) is 0 Å². The highest BCUT2D eigenvalue weighted by Gasteiger charge is 2.27. The number of halogens is 1. The third-order valence-electron chi connectivity index (χ3n) is 2.95. The number of methoxy groups -OCH3 is 2. The normalized spacial score (nSPS) is 13.2. The predicted octanol–water partition coefficient (Wildman–Crippen LogP) is 2.16. The minimum absolute atomic E-state index is 0.373. The zero-order valence-corrected chi connectivity index (χ0v) is 12.1. The molecule has 1 aromatic carbocycles. The number of alkyl halides is 1. The van der Waals surface area contributed by atoms with Gasteiger partial charge in [-0.15, -0.1) is 0 Å². The molecule has 1 unspecified atom stereocenters. The Labute approximate surface area is 113 Å². The summed E-state index contributed by atoms with van der Waals surface area (Å²) in [7, 11) is 4.71. The van der Waals surface area contributed by atoms with Crippen molar-refractivity contribution in [2.75, 3.05) is 27.8 Å². The molecule has 0 fully saturated rings. The average molecular weight is 271 g/mol. The van der Waals surface area contributed by atoms with Crippen LogP contribution in [-0.4, -0.2) is 32.9 Å². The molecule has 0 aliphatic heterocycles. The molecule has 0 bridgehead atoms. The highest BCUT2D eigenvalue weighted by atomic mass is 19.1. The van der Waals surface area contributed by atoms with Gasteiger partial charge in [-0.1, -0.05) is 0 Å². The highest BCUT2D eigenvalue weighted by molar-refractivity contribution is 5.49. The molecule has 0 saturated heterocycles.